The second-order valence-electron chi connectivity index (χ2n) is 5.17. The fourth-order valence-electron chi connectivity index (χ4n) is 2.44. The van der Waals surface area contributed by atoms with Crippen LogP contribution in [0.1, 0.15) is 15.9 Å². The third-order valence-corrected chi connectivity index (χ3v) is 5.07. The average molecular weight is 422 g/mol. The third kappa shape index (κ3) is 3.17. The number of hydrogen-bond donors (Lipinski definition) is 1. The van der Waals surface area contributed by atoms with Crippen LogP contribution >= 0.6 is 22.6 Å². The lowest BCUT2D eigenvalue weighted by molar-refractivity contribution is 0.102. The Kier molecular flexibility index (Phi) is 4.51. The molecule has 0 aliphatic carbocycles. The van der Waals surface area contributed by atoms with E-state index in [1.165, 1.54) is 4.90 Å². The van der Waals surface area contributed by atoms with Gasteiger partial charge in [-0.3, -0.25) is 9.69 Å². The lowest BCUT2D eigenvalue weighted by Crippen LogP contribution is -2.25. The van der Waals surface area contributed by atoms with Crippen molar-refractivity contribution < 1.29 is 14.3 Å². The number of para-hydroxylation sites is 2. The number of hydrogen-bond acceptors (Lipinski definition) is 3. The molecule has 0 radical (unpaired) electrons. The van der Waals surface area contributed by atoms with Crippen LogP contribution in [0.25, 0.3) is 0 Å². The largest absolute Gasteiger partial charge is 0.447 e. The van der Waals surface area contributed by atoms with E-state index in [9.17, 15) is 9.59 Å². The molecule has 0 spiro atoms. The number of carbonyl (C=O) groups excluding carboxylic acids is 2. The van der Waals surface area contributed by atoms with Crippen LogP contribution in [0.15, 0.2) is 42.5 Å². The van der Waals surface area contributed by atoms with Gasteiger partial charge in [-0.05, 0) is 53.3 Å². The summed E-state index contributed by atoms with van der Waals surface area (Å²) in [5, 5.41) is 2.90. The molecule has 1 N–H and O–H groups in total. The van der Waals surface area contributed by atoms with Crippen molar-refractivity contribution in [1.82, 2.24) is 0 Å². The number of ether oxygens (including phenoxy) is 1. The lowest BCUT2D eigenvalue weighted by atomic mass is 10.1. The molecule has 5 nitrogen and oxygen atoms in total. The quantitative estimate of drug-likeness (QED) is 0.766. The maximum absolute atomic E-state index is 12.6. The van der Waals surface area contributed by atoms with Gasteiger partial charge in [0.1, 0.15) is 6.61 Å². The van der Waals surface area contributed by atoms with Gasteiger partial charge in [0.2, 0.25) is 0 Å². The van der Waals surface area contributed by atoms with Gasteiger partial charge in [-0.25, -0.2) is 4.79 Å². The first-order valence-corrected chi connectivity index (χ1v) is 8.25. The molecular weight excluding hydrogens is 407 g/mol. The zero-order chi connectivity index (χ0) is 16.4. The molecule has 1 aliphatic heterocycles. The Balaban J connectivity index is 1.90. The fourth-order valence-corrected chi connectivity index (χ4v) is 3.04. The van der Waals surface area contributed by atoms with Crippen LogP contribution in [0.5, 0.6) is 0 Å². The summed E-state index contributed by atoms with van der Waals surface area (Å²) in [6.07, 6.45) is -0.392. The third-order valence-electron chi connectivity index (χ3n) is 3.64. The molecule has 0 atom stereocenters. The Hall–Kier alpha value is -2.09. The summed E-state index contributed by atoms with van der Waals surface area (Å²) in [7, 11) is 0. The summed E-state index contributed by atoms with van der Waals surface area (Å²) in [5.41, 5.74) is 2.90. The first-order chi connectivity index (χ1) is 11.1. The molecule has 0 aromatic heterocycles. The number of halogens is 1. The molecule has 1 heterocycles. The molecule has 2 amide bonds. The topological polar surface area (TPSA) is 58.6 Å². The smallest absolute Gasteiger partial charge is 0.414 e. The number of amides is 2. The molecule has 6 heteroatoms. The predicted molar refractivity (Wildman–Crippen MR) is 97.0 cm³/mol. The minimum atomic E-state index is -0.392. The zero-order valence-corrected chi connectivity index (χ0v) is 14.7. The maximum Gasteiger partial charge on any atom is 0.414 e. The van der Waals surface area contributed by atoms with Gasteiger partial charge in [0.25, 0.3) is 5.91 Å². The van der Waals surface area contributed by atoms with Crippen LogP contribution in [0.4, 0.5) is 16.2 Å². The highest BCUT2D eigenvalue weighted by Gasteiger charge is 2.26. The molecule has 118 valence electrons. The van der Waals surface area contributed by atoms with E-state index in [1.807, 2.05) is 31.2 Å². The van der Waals surface area contributed by atoms with Crippen LogP contribution in [-0.4, -0.2) is 25.2 Å². The van der Waals surface area contributed by atoms with E-state index in [0.717, 1.165) is 9.13 Å². The van der Waals surface area contributed by atoms with E-state index >= 15 is 0 Å². The van der Waals surface area contributed by atoms with Crippen molar-refractivity contribution in [3.63, 3.8) is 0 Å². The van der Waals surface area contributed by atoms with Crippen molar-refractivity contribution in [2.75, 3.05) is 23.4 Å². The monoisotopic (exact) mass is 422 g/mol. The normalized spacial score (nSPS) is 13.8. The molecule has 0 unspecified atom stereocenters. The number of nitrogens with one attached hydrogen (secondary N) is 1. The Morgan fingerprint density at radius 3 is 2.74 bits per heavy atom. The Bertz CT molecular complexity index is 776. The van der Waals surface area contributed by atoms with Gasteiger partial charge in [0.05, 0.1) is 23.5 Å². The molecule has 0 saturated carbocycles. The standard InChI is InChI=1S/C17H15IN2O3/c1-11-5-4-6-12(15(11)18)16(21)19-13-7-2-3-8-14(13)20-9-10-23-17(20)22/h2-8H,9-10H2,1H3,(H,19,21). The van der Waals surface area contributed by atoms with Gasteiger partial charge in [-0.15, -0.1) is 0 Å². The number of aryl methyl sites for hydroxylation is 1. The van der Waals surface area contributed by atoms with E-state index in [1.54, 1.807) is 18.2 Å². The van der Waals surface area contributed by atoms with Crippen LogP contribution in [-0.2, 0) is 4.74 Å². The van der Waals surface area contributed by atoms with Crippen molar-refractivity contribution in [2.45, 2.75) is 6.92 Å². The van der Waals surface area contributed by atoms with Crippen molar-refractivity contribution >= 4 is 46.0 Å². The number of carbonyl (C=O) groups is 2. The van der Waals surface area contributed by atoms with Crippen molar-refractivity contribution in [3.05, 3.63) is 57.2 Å². The summed E-state index contributed by atoms with van der Waals surface area (Å²) in [6, 6.07) is 12.8. The van der Waals surface area contributed by atoms with Gasteiger partial charge in [-0.2, -0.15) is 0 Å². The Morgan fingerprint density at radius 1 is 1.22 bits per heavy atom. The Labute approximate surface area is 147 Å². The molecular formula is C17H15IN2O3. The molecule has 3 rings (SSSR count). The number of cyclic esters (lactones) is 1. The minimum Gasteiger partial charge on any atom is -0.447 e. The summed E-state index contributed by atoms with van der Waals surface area (Å²) in [6.45, 7) is 2.80. The molecule has 2 aromatic rings. The lowest BCUT2D eigenvalue weighted by Gasteiger charge is -2.18. The van der Waals surface area contributed by atoms with Crippen LogP contribution < -0.4 is 10.2 Å². The summed E-state index contributed by atoms with van der Waals surface area (Å²) < 4.78 is 5.89. The van der Waals surface area contributed by atoms with Gasteiger partial charge in [0.15, 0.2) is 0 Å². The Morgan fingerprint density at radius 2 is 2.00 bits per heavy atom. The van der Waals surface area contributed by atoms with Crippen LogP contribution in [0.2, 0.25) is 0 Å². The van der Waals surface area contributed by atoms with E-state index in [0.29, 0.717) is 30.1 Å². The van der Waals surface area contributed by atoms with E-state index in [4.69, 9.17) is 4.74 Å². The van der Waals surface area contributed by atoms with Crippen molar-refractivity contribution in [1.29, 1.82) is 0 Å². The molecule has 23 heavy (non-hydrogen) atoms. The molecule has 1 saturated heterocycles. The second kappa shape index (κ2) is 6.57. The van der Waals surface area contributed by atoms with Gasteiger partial charge >= 0.3 is 6.09 Å². The van der Waals surface area contributed by atoms with Crippen LogP contribution in [0.3, 0.4) is 0 Å². The van der Waals surface area contributed by atoms with Gasteiger partial charge in [0, 0.05) is 3.57 Å². The highest BCUT2D eigenvalue weighted by molar-refractivity contribution is 14.1. The first kappa shape index (κ1) is 15.8. The molecule has 2 aromatic carbocycles. The highest BCUT2D eigenvalue weighted by Crippen LogP contribution is 2.29. The predicted octanol–water partition coefficient (Wildman–Crippen LogP) is 3.81. The fraction of sp³-hybridized carbons (Fsp3) is 0.176. The maximum atomic E-state index is 12.6. The van der Waals surface area contributed by atoms with Crippen molar-refractivity contribution in [3.8, 4) is 0 Å². The van der Waals surface area contributed by atoms with Gasteiger partial charge in [-0.1, -0.05) is 24.3 Å². The van der Waals surface area contributed by atoms with E-state index < -0.39 is 6.09 Å². The number of nitrogens with zero attached hydrogens (tertiary/aromatic N) is 1. The molecule has 1 aliphatic rings. The van der Waals surface area contributed by atoms with Crippen molar-refractivity contribution in [2.24, 2.45) is 0 Å². The molecule has 1 fully saturated rings. The molecule has 0 bridgehead atoms. The first-order valence-electron chi connectivity index (χ1n) is 7.17. The summed E-state index contributed by atoms with van der Waals surface area (Å²) >= 11 is 2.17. The highest BCUT2D eigenvalue weighted by atomic mass is 127. The van der Waals surface area contributed by atoms with Crippen LogP contribution in [0, 0.1) is 10.5 Å². The number of anilines is 2. The van der Waals surface area contributed by atoms with Gasteiger partial charge < -0.3 is 10.1 Å². The number of rotatable bonds is 3. The SMILES string of the molecule is Cc1cccc(C(=O)Nc2ccccc2N2CCOC2=O)c1I. The summed E-state index contributed by atoms with van der Waals surface area (Å²) in [4.78, 5) is 25.9. The van der Waals surface area contributed by atoms with E-state index in [-0.39, 0.29) is 5.91 Å². The minimum absolute atomic E-state index is 0.196. The second-order valence-corrected chi connectivity index (χ2v) is 6.25. The number of benzene rings is 2. The van der Waals surface area contributed by atoms with E-state index in [2.05, 4.69) is 27.9 Å². The average Bonchev–Trinajstić information content (AvgIpc) is 2.96. The zero-order valence-electron chi connectivity index (χ0n) is 12.5. The summed E-state index contributed by atoms with van der Waals surface area (Å²) in [5.74, 6) is -0.196.